The molecule has 0 bridgehead atoms. The molecular formula is C10H9ClN2O. The van der Waals surface area contributed by atoms with Gasteiger partial charge in [-0.05, 0) is 18.2 Å². The van der Waals surface area contributed by atoms with Crippen molar-refractivity contribution in [1.29, 1.82) is 0 Å². The molecular weight excluding hydrogens is 200 g/mol. The third-order valence-corrected chi connectivity index (χ3v) is 2.14. The van der Waals surface area contributed by atoms with Crippen LogP contribution in [0.2, 0.25) is 5.02 Å². The largest absolute Gasteiger partial charge is 0.390 e. The molecule has 3 nitrogen and oxygen atoms in total. The molecule has 14 heavy (non-hydrogen) atoms. The quantitative estimate of drug-likeness (QED) is 0.820. The molecule has 0 atom stereocenters. The number of imidazole rings is 1. The lowest BCUT2D eigenvalue weighted by Crippen LogP contribution is -1.89. The average Bonchev–Trinajstić information content (AvgIpc) is 2.66. The van der Waals surface area contributed by atoms with Crippen molar-refractivity contribution in [1.82, 2.24) is 9.55 Å². The summed E-state index contributed by atoms with van der Waals surface area (Å²) in [6.45, 7) is -0.0480. The summed E-state index contributed by atoms with van der Waals surface area (Å²) in [7, 11) is 0. The number of aliphatic hydroxyl groups excluding tert-OH is 1. The number of rotatable bonds is 2. The normalized spacial score (nSPS) is 10.4. The van der Waals surface area contributed by atoms with Crippen LogP contribution >= 0.6 is 11.6 Å². The van der Waals surface area contributed by atoms with Gasteiger partial charge in [0.1, 0.15) is 0 Å². The van der Waals surface area contributed by atoms with Crippen molar-refractivity contribution in [3.05, 3.63) is 47.5 Å². The molecule has 72 valence electrons. The van der Waals surface area contributed by atoms with Crippen molar-refractivity contribution in [3.63, 3.8) is 0 Å². The summed E-state index contributed by atoms with van der Waals surface area (Å²) in [6.07, 6.45) is 3.42. The lowest BCUT2D eigenvalue weighted by atomic mass is 10.3. The molecule has 0 unspecified atom stereocenters. The van der Waals surface area contributed by atoms with E-state index in [4.69, 9.17) is 16.7 Å². The fraction of sp³-hybridized carbons (Fsp3) is 0.100. The zero-order valence-corrected chi connectivity index (χ0v) is 8.15. The van der Waals surface area contributed by atoms with Gasteiger partial charge >= 0.3 is 0 Å². The summed E-state index contributed by atoms with van der Waals surface area (Å²) in [5, 5.41) is 9.53. The first kappa shape index (κ1) is 9.24. The number of nitrogens with zero attached hydrogens (tertiary/aromatic N) is 2. The molecule has 1 heterocycles. The maximum Gasteiger partial charge on any atom is 0.0996 e. The van der Waals surface area contributed by atoms with Crippen LogP contribution in [-0.4, -0.2) is 14.7 Å². The third kappa shape index (κ3) is 1.78. The van der Waals surface area contributed by atoms with E-state index in [2.05, 4.69) is 4.98 Å². The van der Waals surface area contributed by atoms with Gasteiger partial charge in [-0.25, -0.2) is 4.98 Å². The molecule has 0 aliphatic carbocycles. The van der Waals surface area contributed by atoms with Crippen LogP contribution in [-0.2, 0) is 6.61 Å². The van der Waals surface area contributed by atoms with E-state index < -0.39 is 0 Å². The van der Waals surface area contributed by atoms with E-state index in [0.29, 0.717) is 10.7 Å². The maximum atomic E-state index is 8.85. The average molecular weight is 209 g/mol. The summed E-state index contributed by atoms with van der Waals surface area (Å²) in [5.41, 5.74) is 1.58. The molecule has 2 aromatic rings. The third-order valence-electron chi connectivity index (χ3n) is 1.90. The minimum absolute atomic E-state index is 0.0480. The van der Waals surface area contributed by atoms with Crippen LogP contribution < -0.4 is 0 Å². The van der Waals surface area contributed by atoms with Gasteiger partial charge in [0.25, 0.3) is 0 Å². The molecule has 0 aliphatic rings. The Morgan fingerprint density at radius 2 is 2.29 bits per heavy atom. The van der Waals surface area contributed by atoms with Gasteiger partial charge < -0.3 is 9.67 Å². The van der Waals surface area contributed by atoms with E-state index in [0.717, 1.165) is 5.69 Å². The Morgan fingerprint density at radius 1 is 1.43 bits per heavy atom. The van der Waals surface area contributed by atoms with Gasteiger partial charge in [0.2, 0.25) is 0 Å². The van der Waals surface area contributed by atoms with Crippen molar-refractivity contribution in [2.45, 2.75) is 6.61 Å². The van der Waals surface area contributed by atoms with Gasteiger partial charge in [0, 0.05) is 16.9 Å². The Morgan fingerprint density at radius 3 is 2.93 bits per heavy atom. The summed E-state index contributed by atoms with van der Waals surface area (Å²) in [5.74, 6) is 0. The first-order valence-electron chi connectivity index (χ1n) is 4.19. The van der Waals surface area contributed by atoms with Gasteiger partial charge in [0.15, 0.2) is 0 Å². The molecule has 2 rings (SSSR count). The van der Waals surface area contributed by atoms with Crippen LogP contribution in [0.1, 0.15) is 5.69 Å². The molecule has 0 saturated carbocycles. The van der Waals surface area contributed by atoms with Crippen molar-refractivity contribution in [2.75, 3.05) is 0 Å². The monoisotopic (exact) mass is 208 g/mol. The van der Waals surface area contributed by atoms with Crippen LogP contribution in [0.25, 0.3) is 5.69 Å². The molecule has 1 aromatic carbocycles. The standard InChI is InChI=1S/C10H9ClN2O/c11-8-2-1-3-10(4-8)13-5-9(6-14)12-7-13/h1-5,7,14H,6H2. The first-order valence-corrected chi connectivity index (χ1v) is 4.57. The lowest BCUT2D eigenvalue weighted by Gasteiger charge is -2.00. The fourth-order valence-electron chi connectivity index (χ4n) is 1.22. The number of aliphatic hydroxyl groups is 1. The Labute approximate surface area is 86.6 Å². The Hall–Kier alpha value is -1.32. The SMILES string of the molecule is OCc1cn(-c2cccc(Cl)c2)cn1. The summed E-state index contributed by atoms with van der Waals surface area (Å²) >= 11 is 5.85. The predicted molar refractivity (Wildman–Crippen MR) is 54.5 cm³/mol. The van der Waals surface area contributed by atoms with Crippen LogP contribution in [0, 0.1) is 0 Å². The Balaban J connectivity index is 2.39. The molecule has 0 radical (unpaired) electrons. The van der Waals surface area contributed by atoms with Crippen molar-refractivity contribution in [2.24, 2.45) is 0 Å². The molecule has 0 saturated heterocycles. The van der Waals surface area contributed by atoms with Gasteiger partial charge in [0.05, 0.1) is 18.6 Å². The fourth-order valence-corrected chi connectivity index (χ4v) is 1.41. The van der Waals surface area contributed by atoms with Crippen molar-refractivity contribution in [3.8, 4) is 5.69 Å². The van der Waals surface area contributed by atoms with Gasteiger partial charge in [-0.3, -0.25) is 0 Å². The van der Waals surface area contributed by atoms with Crippen LogP contribution in [0.15, 0.2) is 36.8 Å². The van der Waals surface area contributed by atoms with Gasteiger partial charge in [-0.15, -0.1) is 0 Å². The number of aromatic nitrogens is 2. The van der Waals surface area contributed by atoms with Crippen molar-refractivity contribution < 1.29 is 5.11 Å². The molecule has 0 amide bonds. The van der Waals surface area contributed by atoms with E-state index in [1.807, 2.05) is 28.8 Å². The molecule has 0 spiro atoms. The Kier molecular flexibility index (Phi) is 2.52. The number of hydrogen-bond donors (Lipinski definition) is 1. The highest BCUT2D eigenvalue weighted by molar-refractivity contribution is 6.30. The number of halogens is 1. The molecule has 4 heteroatoms. The zero-order chi connectivity index (χ0) is 9.97. The van der Waals surface area contributed by atoms with E-state index in [9.17, 15) is 0 Å². The number of hydrogen-bond acceptors (Lipinski definition) is 2. The highest BCUT2D eigenvalue weighted by Gasteiger charge is 1.99. The van der Waals surface area contributed by atoms with Crippen LogP contribution in [0.3, 0.4) is 0 Å². The molecule has 1 aromatic heterocycles. The molecule has 1 N–H and O–H groups in total. The van der Waals surface area contributed by atoms with Crippen molar-refractivity contribution >= 4 is 11.6 Å². The predicted octanol–water partition coefficient (Wildman–Crippen LogP) is 2.02. The summed E-state index contributed by atoms with van der Waals surface area (Å²) < 4.78 is 1.82. The Bertz CT molecular complexity index is 439. The topological polar surface area (TPSA) is 38.0 Å². The second-order valence-electron chi connectivity index (χ2n) is 2.91. The molecule has 0 aliphatic heterocycles. The summed E-state index contributed by atoms with van der Waals surface area (Å²) in [6, 6.07) is 7.45. The second-order valence-corrected chi connectivity index (χ2v) is 3.35. The van der Waals surface area contributed by atoms with E-state index in [1.165, 1.54) is 0 Å². The lowest BCUT2D eigenvalue weighted by molar-refractivity contribution is 0.277. The smallest absolute Gasteiger partial charge is 0.0996 e. The molecule has 0 fully saturated rings. The van der Waals surface area contributed by atoms with Gasteiger partial charge in [-0.1, -0.05) is 17.7 Å². The minimum Gasteiger partial charge on any atom is -0.390 e. The second kappa shape index (κ2) is 3.82. The van der Waals surface area contributed by atoms with Crippen LogP contribution in [0.4, 0.5) is 0 Å². The number of benzene rings is 1. The van der Waals surface area contributed by atoms with E-state index >= 15 is 0 Å². The van der Waals surface area contributed by atoms with Gasteiger partial charge in [-0.2, -0.15) is 0 Å². The minimum atomic E-state index is -0.0480. The first-order chi connectivity index (χ1) is 6.79. The zero-order valence-electron chi connectivity index (χ0n) is 7.39. The highest BCUT2D eigenvalue weighted by atomic mass is 35.5. The highest BCUT2D eigenvalue weighted by Crippen LogP contribution is 2.14. The van der Waals surface area contributed by atoms with Crippen LogP contribution in [0.5, 0.6) is 0 Å². The maximum absolute atomic E-state index is 8.85. The van der Waals surface area contributed by atoms with E-state index in [1.54, 1.807) is 12.5 Å². The van der Waals surface area contributed by atoms with E-state index in [-0.39, 0.29) is 6.61 Å². The summed E-state index contributed by atoms with van der Waals surface area (Å²) in [4.78, 5) is 4.01.